The number of nitrogens with zero attached hydrogens (tertiary/aromatic N) is 2. The fourth-order valence-electron chi connectivity index (χ4n) is 2.95. The van der Waals surface area contributed by atoms with Crippen molar-refractivity contribution < 1.29 is 19.0 Å². The van der Waals surface area contributed by atoms with Crippen LogP contribution in [0.2, 0.25) is 0 Å². The number of fused-ring (bicyclic) bond motifs is 1. The van der Waals surface area contributed by atoms with Crippen molar-refractivity contribution in [1.82, 2.24) is 15.2 Å². The second-order valence-electron chi connectivity index (χ2n) is 7.98. The van der Waals surface area contributed by atoms with Crippen LogP contribution in [0.4, 0.5) is 4.79 Å². The van der Waals surface area contributed by atoms with Gasteiger partial charge in [0.25, 0.3) is 0 Å². The van der Waals surface area contributed by atoms with Gasteiger partial charge in [-0.1, -0.05) is 12.1 Å². The predicted molar refractivity (Wildman–Crippen MR) is 110 cm³/mol. The smallest absolute Gasteiger partial charge is 0.410 e. The first kappa shape index (κ1) is 20.9. The van der Waals surface area contributed by atoms with E-state index in [0.717, 1.165) is 36.4 Å². The summed E-state index contributed by atoms with van der Waals surface area (Å²) in [5.41, 5.74) is 1.57. The first-order valence-electron chi connectivity index (χ1n) is 9.87. The van der Waals surface area contributed by atoms with E-state index >= 15 is 0 Å². The molecule has 3 rings (SSSR count). The lowest BCUT2D eigenvalue weighted by Crippen LogP contribution is -2.37. The zero-order valence-electron chi connectivity index (χ0n) is 17.3. The van der Waals surface area contributed by atoms with Crippen LogP contribution in [-0.4, -0.2) is 41.5 Å². The molecule has 1 amide bonds. The maximum Gasteiger partial charge on any atom is 0.410 e. The molecule has 1 aliphatic rings. The Morgan fingerprint density at radius 2 is 2.03 bits per heavy atom. The Morgan fingerprint density at radius 1 is 1.21 bits per heavy atom. The Bertz CT molecular complexity index is 805. The van der Waals surface area contributed by atoms with Crippen molar-refractivity contribution in [1.29, 1.82) is 0 Å². The summed E-state index contributed by atoms with van der Waals surface area (Å²) in [6.45, 7) is 8.43. The zero-order chi connectivity index (χ0) is 20.7. The summed E-state index contributed by atoms with van der Waals surface area (Å²) < 4.78 is 16.4. The minimum absolute atomic E-state index is 0.233. The van der Waals surface area contributed by atoms with Gasteiger partial charge in [-0.25, -0.2) is 4.79 Å². The summed E-state index contributed by atoms with van der Waals surface area (Å²) in [7, 11) is 0. The van der Waals surface area contributed by atoms with Gasteiger partial charge in [0.15, 0.2) is 11.5 Å². The van der Waals surface area contributed by atoms with E-state index in [0.29, 0.717) is 18.8 Å². The highest BCUT2D eigenvalue weighted by Crippen LogP contribution is 2.32. The lowest BCUT2D eigenvalue weighted by Gasteiger charge is -2.27. The van der Waals surface area contributed by atoms with Crippen LogP contribution < -0.4 is 14.8 Å². The molecule has 0 saturated carbocycles. The molecule has 0 spiro atoms. The van der Waals surface area contributed by atoms with Crippen molar-refractivity contribution in [3.63, 3.8) is 0 Å². The number of ether oxygens (including phenoxy) is 3. The molecule has 0 unspecified atom stereocenters. The Hall–Kier alpha value is -2.80. The first-order chi connectivity index (χ1) is 13.9. The van der Waals surface area contributed by atoms with Crippen LogP contribution in [0.15, 0.2) is 42.7 Å². The minimum atomic E-state index is -0.539. The van der Waals surface area contributed by atoms with Crippen LogP contribution in [0.25, 0.3) is 0 Å². The number of pyridine rings is 1. The maximum atomic E-state index is 12.7. The highest BCUT2D eigenvalue weighted by atomic mass is 16.7. The topological polar surface area (TPSA) is 72.9 Å². The number of hydrogen-bond acceptors (Lipinski definition) is 6. The average molecular weight is 399 g/mol. The van der Waals surface area contributed by atoms with Crippen LogP contribution in [0.1, 0.15) is 38.3 Å². The van der Waals surface area contributed by atoms with Gasteiger partial charge in [-0.15, -0.1) is 0 Å². The SMILES string of the molecule is CC(C)(C)OC(=O)N(CCCNCc1cccnc1)Cc1ccc2c(c1)OCO2. The third-order valence-electron chi connectivity index (χ3n) is 4.30. The summed E-state index contributed by atoms with van der Waals surface area (Å²) in [6, 6.07) is 9.70. The van der Waals surface area contributed by atoms with Crippen molar-refractivity contribution in [2.24, 2.45) is 0 Å². The van der Waals surface area contributed by atoms with Gasteiger partial charge < -0.3 is 24.4 Å². The van der Waals surface area contributed by atoms with Gasteiger partial charge in [-0.05, 0) is 63.1 Å². The molecule has 156 valence electrons. The third-order valence-corrected chi connectivity index (χ3v) is 4.30. The highest BCUT2D eigenvalue weighted by molar-refractivity contribution is 5.68. The first-order valence-corrected chi connectivity index (χ1v) is 9.87. The normalized spacial score (nSPS) is 12.7. The molecule has 0 saturated heterocycles. The number of nitrogens with one attached hydrogen (secondary N) is 1. The van der Waals surface area contributed by atoms with Crippen LogP contribution in [0.3, 0.4) is 0 Å². The van der Waals surface area contributed by atoms with E-state index in [1.807, 2.05) is 57.3 Å². The van der Waals surface area contributed by atoms with Crippen molar-refractivity contribution in [2.45, 2.75) is 45.9 Å². The van der Waals surface area contributed by atoms with Crippen LogP contribution >= 0.6 is 0 Å². The molecule has 1 N–H and O–H groups in total. The van der Waals surface area contributed by atoms with Gasteiger partial charge in [-0.3, -0.25) is 4.98 Å². The molecule has 7 heteroatoms. The number of amides is 1. The molecule has 0 atom stereocenters. The molecule has 0 aliphatic carbocycles. The second kappa shape index (κ2) is 9.60. The fraction of sp³-hybridized carbons (Fsp3) is 0.455. The molecule has 1 aromatic heterocycles. The molecule has 1 aromatic carbocycles. The third kappa shape index (κ3) is 6.64. The molecule has 0 bridgehead atoms. The van der Waals surface area contributed by atoms with E-state index in [1.54, 1.807) is 11.1 Å². The van der Waals surface area contributed by atoms with Crippen LogP contribution in [0, 0.1) is 0 Å². The molecule has 0 fully saturated rings. The molecule has 2 aromatic rings. The number of carbonyl (C=O) groups is 1. The van der Waals surface area contributed by atoms with Crippen molar-refractivity contribution in [3.8, 4) is 11.5 Å². The van der Waals surface area contributed by atoms with E-state index in [-0.39, 0.29) is 12.9 Å². The van der Waals surface area contributed by atoms with Crippen LogP contribution in [-0.2, 0) is 17.8 Å². The molecule has 7 nitrogen and oxygen atoms in total. The van der Waals surface area contributed by atoms with Crippen molar-refractivity contribution in [3.05, 3.63) is 53.9 Å². The van der Waals surface area contributed by atoms with E-state index in [9.17, 15) is 4.79 Å². The molecule has 2 heterocycles. The summed E-state index contributed by atoms with van der Waals surface area (Å²) in [6.07, 6.45) is 4.10. The minimum Gasteiger partial charge on any atom is -0.454 e. The summed E-state index contributed by atoms with van der Waals surface area (Å²) in [5.74, 6) is 1.45. The summed E-state index contributed by atoms with van der Waals surface area (Å²) in [5, 5.41) is 3.39. The number of rotatable bonds is 8. The number of benzene rings is 1. The standard InChI is InChI=1S/C22H29N3O4/c1-22(2,3)29-21(26)25(11-5-10-24-14-18-6-4-9-23-13-18)15-17-7-8-19-20(12-17)28-16-27-19/h4,6-9,12-13,24H,5,10-11,14-16H2,1-3H3. The Labute approximate surface area is 172 Å². The predicted octanol–water partition coefficient (Wildman–Crippen LogP) is 3.73. The van der Waals surface area contributed by atoms with Gasteiger partial charge in [-0.2, -0.15) is 0 Å². The molecular weight excluding hydrogens is 370 g/mol. The quantitative estimate of drug-likeness (QED) is 0.682. The van der Waals surface area contributed by atoms with Gasteiger partial charge >= 0.3 is 6.09 Å². The molecule has 0 radical (unpaired) electrons. The van der Waals surface area contributed by atoms with E-state index in [1.165, 1.54) is 0 Å². The van der Waals surface area contributed by atoms with E-state index in [2.05, 4.69) is 10.3 Å². The number of aromatic nitrogens is 1. The van der Waals surface area contributed by atoms with Gasteiger partial charge in [0.2, 0.25) is 6.79 Å². The highest BCUT2D eigenvalue weighted by Gasteiger charge is 2.23. The number of hydrogen-bond donors (Lipinski definition) is 1. The van der Waals surface area contributed by atoms with Crippen molar-refractivity contribution in [2.75, 3.05) is 19.9 Å². The van der Waals surface area contributed by atoms with Gasteiger partial charge in [0.05, 0.1) is 0 Å². The molecular formula is C22H29N3O4. The average Bonchev–Trinajstić information content (AvgIpc) is 3.14. The largest absolute Gasteiger partial charge is 0.454 e. The molecule has 1 aliphatic heterocycles. The lowest BCUT2D eigenvalue weighted by atomic mass is 10.2. The zero-order valence-corrected chi connectivity index (χ0v) is 17.3. The monoisotopic (exact) mass is 399 g/mol. The second-order valence-corrected chi connectivity index (χ2v) is 7.98. The van der Waals surface area contributed by atoms with Crippen molar-refractivity contribution >= 4 is 6.09 Å². The Balaban J connectivity index is 1.55. The van der Waals surface area contributed by atoms with Gasteiger partial charge in [0, 0.05) is 32.0 Å². The van der Waals surface area contributed by atoms with E-state index < -0.39 is 5.60 Å². The Morgan fingerprint density at radius 3 is 2.79 bits per heavy atom. The molecule has 29 heavy (non-hydrogen) atoms. The Kier molecular flexibility index (Phi) is 6.93. The lowest BCUT2D eigenvalue weighted by molar-refractivity contribution is 0.0231. The maximum absolute atomic E-state index is 12.7. The fourth-order valence-corrected chi connectivity index (χ4v) is 2.95. The van der Waals surface area contributed by atoms with E-state index in [4.69, 9.17) is 14.2 Å². The van der Waals surface area contributed by atoms with Crippen LogP contribution in [0.5, 0.6) is 11.5 Å². The van der Waals surface area contributed by atoms with Gasteiger partial charge in [0.1, 0.15) is 5.60 Å². The summed E-state index contributed by atoms with van der Waals surface area (Å²) >= 11 is 0. The number of carbonyl (C=O) groups excluding carboxylic acids is 1. The summed E-state index contributed by atoms with van der Waals surface area (Å²) in [4.78, 5) is 18.5.